The van der Waals surface area contributed by atoms with Crippen molar-refractivity contribution >= 4 is 23.2 Å². The Hall–Kier alpha value is -3.34. The number of rotatable bonds is 4. The van der Waals surface area contributed by atoms with E-state index in [9.17, 15) is 9.59 Å². The molecule has 0 atom stereocenters. The number of hydrogen-bond donors (Lipinski definition) is 2. The minimum absolute atomic E-state index is 0.0372. The quantitative estimate of drug-likeness (QED) is 0.717. The van der Waals surface area contributed by atoms with Crippen LogP contribution < -0.4 is 10.6 Å². The van der Waals surface area contributed by atoms with E-state index in [1.54, 1.807) is 0 Å². The van der Waals surface area contributed by atoms with Gasteiger partial charge in [0, 0.05) is 35.7 Å². The Morgan fingerprint density at radius 2 is 1.86 bits per heavy atom. The molecule has 4 rings (SSSR count). The SMILES string of the molecule is Cc1cc(C(=O)Nc2ccc3c(c2)CCC(=O)N3)c(C)n1Cc1ccccc1. The lowest BCUT2D eigenvalue weighted by Gasteiger charge is -2.17. The summed E-state index contributed by atoms with van der Waals surface area (Å²) in [6, 6.07) is 17.8. The number of nitrogens with one attached hydrogen (secondary N) is 2. The van der Waals surface area contributed by atoms with Crippen LogP contribution in [0, 0.1) is 13.8 Å². The summed E-state index contributed by atoms with van der Waals surface area (Å²) in [6.07, 6.45) is 1.17. The van der Waals surface area contributed by atoms with Gasteiger partial charge in [-0.05, 0) is 55.7 Å². The number of amides is 2. The third kappa shape index (κ3) is 3.56. The molecule has 2 N–H and O–H groups in total. The van der Waals surface area contributed by atoms with Crippen molar-refractivity contribution in [2.45, 2.75) is 33.2 Å². The van der Waals surface area contributed by atoms with E-state index in [1.165, 1.54) is 5.56 Å². The molecule has 1 aromatic heterocycles. The maximum absolute atomic E-state index is 12.9. The molecule has 2 amide bonds. The summed E-state index contributed by atoms with van der Waals surface area (Å²) < 4.78 is 2.16. The molecule has 0 fully saturated rings. The Labute approximate surface area is 164 Å². The minimum atomic E-state index is -0.118. The monoisotopic (exact) mass is 373 g/mol. The van der Waals surface area contributed by atoms with Crippen LogP contribution in [0.15, 0.2) is 54.6 Å². The lowest BCUT2D eigenvalue weighted by Crippen LogP contribution is -2.19. The lowest BCUT2D eigenvalue weighted by molar-refractivity contribution is -0.116. The highest BCUT2D eigenvalue weighted by molar-refractivity contribution is 6.05. The molecular formula is C23H23N3O2. The number of nitrogens with zero attached hydrogens (tertiary/aromatic N) is 1. The van der Waals surface area contributed by atoms with Gasteiger partial charge < -0.3 is 15.2 Å². The summed E-state index contributed by atoms with van der Waals surface area (Å²) in [7, 11) is 0. The normalized spacial score (nSPS) is 13.0. The fraction of sp³-hybridized carbons (Fsp3) is 0.217. The second-order valence-corrected chi connectivity index (χ2v) is 7.23. The van der Waals surface area contributed by atoms with Crippen LogP contribution in [0.1, 0.15) is 39.3 Å². The van der Waals surface area contributed by atoms with E-state index in [4.69, 9.17) is 0 Å². The van der Waals surface area contributed by atoms with Gasteiger partial charge in [-0.1, -0.05) is 30.3 Å². The third-order valence-corrected chi connectivity index (χ3v) is 5.26. The molecule has 0 spiro atoms. The number of carbonyl (C=O) groups excluding carboxylic acids is 2. The molecule has 0 aliphatic carbocycles. The maximum atomic E-state index is 12.9. The number of carbonyl (C=O) groups is 2. The Balaban J connectivity index is 1.54. The second-order valence-electron chi connectivity index (χ2n) is 7.23. The first kappa shape index (κ1) is 18.0. The summed E-state index contributed by atoms with van der Waals surface area (Å²) >= 11 is 0. The molecule has 5 nitrogen and oxygen atoms in total. The molecule has 5 heteroatoms. The molecule has 1 aliphatic heterocycles. The average Bonchev–Trinajstić information content (AvgIpc) is 2.97. The van der Waals surface area contributed by atoms with Crippen molar-refractivity contribution in [2.75, 3.05) is 10.6 Å². The molecule has 0 bridgehead atoms. The van der Waals surface area contributed by atoms with Gasteiger partial charge in [0.25, 0.3) is 5.91 Å². The average molecular weight is 373 g/mol. The summed E-state index contributed by atoms with van der Waals surface area (Å²) in [5.41, 5.74) is 6.51. The molecule has 1 aliphatic rings. The van der Waals surface area contributed by atoms with Crippen LogP contribution >= 0.6 is 0 Å². The van der Waals surface area contributed by atoms with Crippen LogP contribution in [0.3, 0.4) is 0 Å². The zero-order valence-corrected chi connectivity index (χ0v) is 16.1. The van der Waals surface area contributed by atoms with E-state index in [-0.39, 0.29) is 11.8 Å². The van der Waals surface area contributed by atoms with E-state index < -0.39 is 0 Å². The standard InChI is InChI=1S/C23H23N3O2/c1-15-12-20(16(2)26(15)14-17-6-4-3-5-7-17)23(28)24-19-9-10-21-18(13-19)8-11-22(27)25-21/h3-7,9-10,12-13H,8,11,14H2,1-2H3,(H,24,28)(H,25,27). The van der Waals surface area contributed by atoms with Gasteiger partial charge in [-0.2, -0.15) is 0 Å². The molecule has 0 saturated heterocycles. The minimum Gasteiger partial charge on any atom is -0.344 e. The van der Waals surface area contributed by atoms with Crippen molar-refractivity contribution in [3.63, 3.8) is 0 Å². The first-order valence-corrected chi connectivity index (χ1v) is 9.46. The predicted octanol–water partition coefficient (Wildman–Crippen LogP) is 4.29. The number of fused-ring (bicyclic) bond motifs is 1. The number of anilines is 2. The highest BCUT2D eigenvalue weighted by Crippen LogP contribution is 2.26. The first-order valence-electron chi connectivity index (χ1n) is 9.46. The molecule has 0 saturated carbocycles. The molecule has 0 unspecified atom stereocenters. The molecule has 3 aromatic rings. The molecular weight excluding hydrogens is 350 g/mol. The van der Waals surface area contributed by atoms with Gasteiger partial charge in [-0.15, -0.1) is 0 Å². The molecule has 2 aromatic carbocycles. The fourth-order valence-corrected chi connectivity index (χ4v) is 3.70. The maximum Gasteiger partial charge on any atom is 0.257 e. The van der Waals surface area contributed by atoms with Crippen LogP contribution in [0.5, 0.6) is 0 Å². The number of hydrogen-bond acceptors (Lipinski definition) is 2. The van der Waals surface area contributed by atoms with E-state index in [2.05, 4.69) is 27.3 Å². The number of aryl methyl sites for hydroxylation is 2. The number of aromatic nitrogens is 1. The zero-order valence-electron chi connectivity index (χ0n) is 16.1. The zero-order chi connectivity index (χ0) is 19.7. The van der Waals surface area contributed by atoms with Gasteiger partial charge in [-0.3, -0.25) is 9.59 Å². The summed E-state index contributed by atoms with van der Waals surface area (Å²) in [6.45, 7) is 4.74. The Morgan fingerprint density at radius 1 is 1.07 bits per heavy atom. The van der Waals surface area contributed by atoms with Crippen LogP contribution in [-0.4, -0.2) is 16.4 Å². The number of benzene rings is 2. The highest BCUT2D eigenvalue weighted by atomic mass is 16.2. The van der Waals surface area contributed by atoms with Gasteiger partial charge in [0.15, 0.2) is 0 Å². The van der Waals surface area contributed by atoms with E-state index in [1.807, 2.05) is 56.3 Å². The van der Waals surface area contributed by atoms with Gasteiger partial charge in [0.1, 0.15) is 0 Å². The van der Waals surface area contributed by atoms with E-state index in [0.717, 1.165) is 34.9 Å². The van der Waals surface area contributed by atoms with Crippen molar-refractivity contribution in [2.24, 2.45) is 0 Å². The van der Waals surface area contributed by atoms with Gasteiger partial charge >= 0.3 is 0 Å². The Bertz CT molecular complexity index is 1050. The summed E-state index contributed by atoms with van der Waals surface area (Å²) in [5, 5.41) is 5.86. The molecule has 0 radical (unpaired) electrons. The van der Waals surface area contributed by atoms with Gasteiger partial charge in [0.05, 0.1) is 5.56 Å². The largest absolute Gasteiger partial charge is 0.344 e. The predicted molar refractivity (Wildman–Crippen MR) is 111 cm³/mol. The molecule has 2 heterocycles. The Morgan fingerprint density at radius 3 is 2.64 bits per heavy atom. The topological polar surface area (TPSA) is 63.1 Å². The highest BCUT2D eigenvalue weighted by Gasteiger charge is 2.18. The Kier molecular flexibility index (Phi) is 4.74. The van der Waals surface area contributed by atoms with Crippen molar-refractivity contribution in [3.05, 3.63) is 82.7 Å². The smallest absolute Gasteiger partial charge is 0.257 e. The van der Waals surface area contributed by atoms with Crippen LogP contribution in [0.25, 0.3) is 0 Å². The van der Waals surface area contributed by atoms with E-state index in [0.29, 0.717) is 18.4 Å². The van der Waals surface area contributed by atoms with Gasteiger partial charge in [0.2, 0.25) is 5.91 Å². The summed E-state index contributed by atoms with van der Waals surface area (Å²) in [5.74, 6) is -0.0812. The van der Waals surface area contributed by atoms with Gasteiger partial charge in [-0.25, -0.2) is 0 Å². The molecule has 28 heavy (non-hydrogen) atoms. The summed E-state index contributed by atoms with van der Waals surface area (Å²) in [4.78, 5) is 24.4. The first-order chi connectivity index (χ1) is 13.5. The van der Waals surface area contributed by atoms with Crippen molar-refractivity contribution < 1.29 is 9.59 Å². The van der Waals surface area contributed by atoms with Crippen molar-refractivity contribution in [1.29, 1.82) is 0 Å². The molecule has 142 valence electrons. The lowest BCUT2D eigenvalue weighted by atomic mass is 10.0. The third-order valence-electron chi connectivity index (χ3n) is 5.26. The van der Waals surface area contributed by atoms with Crippen molar-refractivity contribution in [3.8, 4) is 0 Å². The van der Waals surface area contributed by atoms with Crippen LogP contribution in [0.2, 0.25) is 0 Å². The fourth-order valence-electron chi connectivity index (χ4n) is 3.70. The van der Waals surface area contributed by atoms with Crippen molar-refractivity contribution in [1.82, 2.24) is 4.57 Å². The van der Waals surface area contributed by atoms with Crippen LogP contribution in [0.4, 0.5) is 11.4 Å². The van der Waals surface area contributed by atoms with Crippen LogP contribution in [-0.2, 0) is 17.8 Å². The van der Waals surface area contributed by atoms with E-state index >= 15 is 0 Å². The second kappa shape index (κ2) is 7.35.